The van der Waals surface area contributed by atoms with Gasteiger partial charge in [0.25, 0.3) is 0 Å². The van der Waals surface area contributed by atoms with Crippen LogP contribution >= 0.6 is 0 Å². The molecule has 0 aromatic rings. The zero-order valence-electron chi connectivity index (χ0n) is 9.71. The van der Waals surface area contributed by atoms with E-state index in [1.807, 2.05) is 14.0 Å². The van der Waals surface area contributed by atoms with Crippen LogP contribution in [0.3, 0.4) is 0 Å². The third-order valence-electron chi connectivity index (χ3n) is 2.78. The van der Waals surface area contributed by atoms with Crippen LogP contribution < -0.4 is 10.6 Å². The highest BCUT2D eigenvalue weighted by Crippen LogP contribution is 2.12. The molecule has 0 bridgehead atoms. The van der Waals surface area contributed by atoms with E-state index in [1.165, 1.54) is 6.42 Å². The quantitative estimate of drug-likeness (QED) is 0.696. The van der Waals surface area contributed by atoms with Gasteiger partial charge in [-0.15, -0.1) is 0 Å². The molecule has 1 rings (SSSR count). The van der Waals surface area contributed by atoms with Crippen LogP contribution in [0.4, 0.5) is 0 Å². The van der Waals surface area contributed by atoms with Crippen molar-refractivity contribution >= 4 is 5.91 Å². The van der Waals surface area contributed by atoms with Crippen LogP contribution in [0.2, 0.25) is 0 Å². The van der Waals surface area contributed by atoms with E-state index in [9.17, 15) is 4.79 Å². The summed E-state index contributed by atoms with van der Waals surface area (Å²) >= 11 is 0. The van der Waals surface area contributed by atoms with Gasteiger partial charge in [-0.1, -0.05) is 6.92 Å². The predicted molar refractivity (Wildman–Crippen MR) is 59.6 cm³/mol. The summed E-state index contributed by atoms with van der Waals surface area (Å²) in [6.45, 7) is 5.09. The summed E-state index contributed by atoms with van der Waals surface area (Å²) in [5.74, 6) is 0.680. The van der Waals surface area contributed by atoms with E-state index in [0.29, 0.717) is 5.92 Å². The molecule has 0 aliphatic carbocycles. The van der Waals surface area contributed by atoms with E-state index in [2.05, 4.69) is 10.6 Å². The number of carbonyl (C=O) groups excluding carboxylic acids is 1. The summed E-state index contributed by atoms with van der Waals surface area (Å²) in [6, 6.07) is 0. The molecular formula is C11H22N2O2. The maximum Gasteiger partial charge on any atom is 0.224 e. The Kier molecular flexibility index (Phi) is 5.65. The summed E-state index contributed by atoms with van der Waals surface area (Å²) in [5, 5.41) is 5.98. The maximum absolute atomic E-state index is 11.6. The summed E-state index contributed by atoms with van der Waals surface area (Å²) in [5.41, 5.74) is 0. The van der Waals surface area contributed by atoms with Crippen molar-refractivity contribution < 1.29 is 9.53 Å². The van der Waals surface area contributed by atoms with Gasteiger partial charge in [0.05, 0.1) is 6.61 Å². The smallest absolute Gasteiger partial charge is 0.224 e. The third-order valence-corrected chi connectivity index (χ3v) is 2.78. The second-order valence-corrected chi connectivity index (χ2v) is 4.29. The van der Waals surface area contributed by atoms with Crippen molar-refractivity contribution in [3.8, 4) is 0 Å². The van der Waals surface area contributed by atoms with Crippen molar-refractivity contribution in [1.29, 1.82) is 0 Å². The van der Waals surface area contributed by atoms with Gasteiger partial charge in [0, 0.05) is 25.6 Å². The Morgan fingerprint density at radius 2 is 2.40 bits per heavy atom. The van der Waals surface area contributed by atoms with Crippen molar-refractivity contribution in [2.75, 3.05) is 33.4 Å². The minimum atomic E-state index is 0.0412. The van der Waals surface area contributed by atoms with Gasteiger partial charge in [-0.3, -0.25) is 4.79 Å². The average molecular weight is 214 g/mol. The third kappa shape index (κ3) is 4.62. The molecule has 2 atom stereocenters. The Labute approximate surface area is 91.8 Å². The molecule has 2 unspecified atom stereocenters. The molecule has 0 radical (unpaired) electrons. The molecule has 0 aromatic heterocycles. The Hall–Kier alpha value is -0.610. The van der Waals surface area contributed by atoms with Gasteiger partial charge in [-0.05, 0) is 25.8 Å². The van der Waals surface area contributed by atoms with Gasteiger partial charge < -0.3 is 15.4 Å². The number of amides is 1. The first-order valence-corrected chi connectivity index (χ1v) is 5.74. The normalized spacial score (nSPS) is 23.5. The van der Waals surface area contributed by atoms with Crippen molar-refractivity contribution in [2.45, 2.75) is 19.8 Å². The predicted octanol–water partition coefficient (Wildman–Crippen LogP) is 0.385. The van der Waals surface area contributed by atoms with E-state index in [1.54, 1.807) is 0 Å². The Morgan fingerprint density at radius 1 is 1.60 bits per heavy atom. The zero-order chi connectivity index (χ0) is 11.1. The lowest BCUT2D eigenvalue weighted by molar-refractivity contribution is -0.124. The van der Waals surface area contributed by atoms with E-state index in [0.717, 1.165) is 32.7 Å². The molecule has 1 heterocycles. The first-order chi connectivity index (χ1) is 7.24. The molecule has 4 nitrogen and oxygen atoms in total. The van der Waals surface area contributed by atoms with Crippen molar-refractivity contribution in [3.05, 3.63) is 0 Å². The number of hydrogen-bond donors (Lipinski definition) is 2. The monoisotopic (exact) mass is 214 g/mol. The summed E-state index contributed by atoms with van der Waals surface area (Å²) < 4.78 is 5.36. The number of hydrogen-bond acceptors (Lipinski definition) is 3. The molecule has 2 N–H and O–H groups in total. The lowest BCUT2D eigenvalue weighted by atomic mass is 10.0. The average Bonchev–Trinajstić information content (AvgIpc) is 2.27. The number of ether oxygens (including phenoxy) is 1. The van der Waals surface area contributed by atoms with Crippen molar-refractivity contribution in [1.82, 2.24) is 10.6 Å². The van der Waals surface area contributed by atoms with E-state index in [4.69, 9.17) is 4.74 Å². The van der Waals surface area contributed by atoms with Gasteiger partial charge in [-0.25, -0.2) is 0 Å². The molecular weight excluding hydrogens is 192 g/mol. The lowest BCUT2D eigenvalue weighted by Gasteiger charge is -2.23. The summed E-state index contributed by atoms with van der Waals surface area (Å²) in [7, 11) is 1.86. The second-order valence-electron chi connectivity index (χ2n) is 4.29. The molecule has 0 saturated carbocycles. The van der Waals surface area contributed by atoms with Crippen LogP contribution in [0, 0.1) is 11.8 Å². The summed E-state index contributed by atoms with van der Waals surface area (Å²) in [6.07, 6.45) is 2.29. The van der Waals surface area contributed by atoms with Crippen LogP contribution in [0.1, 0.15) is 19.8 Å². The highest BCUT2D eigenvalue weighted by atomic mass is 16.5. The van der Waals surface area contributed by atoms with Crippen LogP contribution in [0.25, 0.3) is 0 Å². The molecule has 1 aliphatic heterocycles. The van der Waals surface area contributed by atoms with E-state index < -0.39 is 0 Å². The first kappa shape index (κ1) is 12.5. The highest BCUT2D eigenvalue weighted by molar-refractivity contribution is 5.78. The van der Waals surface area contributed by atoms with Crippen LogP contribution in [-0.4, -0.2) is 39.3 Å². The molecule has 1 aliphatic rings. The molecule has 1 fully saturated rings. The Bertz CT molecular complexity index is 191. The van der Waals surface area contributed by atoms with Crippen LogP contribution in [0.15, 0.2) is 0 Å². The largest absolute Gasteiger partial charge is 0.381 e. The fourth-order valence-corrected chi connectivity index (χ4v) is 1.79. The van der Waals surface area contributed by atoms with Gasteiger partial charge in [-0.2, -0.15) is 0 Å². The first-order valence-electron chi connectivity index (χ1n) is 5.74. The van der Waals surface area contributed by atoms with Crippen molar-refractivity contribution in [3.63, 3.8) is 0 Å². The molecule has 1 amide bonds. The summed E-state index contributed by atoms with van der Waals surface area (Å²) in [4.78, 5) is 11.6. The van der Waals surface area contributed by atoms with Crippen LogP contribution in [-0.2, 0) is 9.53 Å². The maximum atomic E-state index is 11.6. The van der Waals surface area contributed by atoms with Gasteiger partial charge in [0.1, 0.15) is 0 Å². The standard InChI is InChI=1S/C11H22N2O2/c1-9(6-12-2)11(14)13-7-10-4-3-5-15-8-10/h9-10,12H,3-8H2,1-2H3,(H,13,14). The molecule has 4 heteroatoms. The number of rotatable bonds is 5. The molecule has 15 heavy (non-hydrogen) atoms. The fourth-order valence-electron chi connectivity index (χ4n) is 1.79. The van der Waals surface area contributed by atoms with E-state index >= 15 is 0 Å². The minimum Gasteiger partial charge on any atom is -0.381 e. The topological polar surface area (TPSA) is 50.4 Å². The SMILES string of the molecule is CNCC(C)C(=O)NCC1CCCOC1. The van der Waals surface area contributed by atoms with Gasteiger partial charge in [0.15, 0.2) is 0 Å². The minimum absolute atomic E-state index is 0.0412. The van der Waals surface area contributed by atoms with E-state index in [-0.39, 0.29) is 11.8 Å². The molecule has 1 saturated heterocycles. The number of carbonyl (C=O) groups is 1. The molecule has 0 spiro atoms. The van der Waals surface area contributed by atoms with Gasteiger partial charge >= 0.3 is 0 Å². The molecule has 0 aromatic carbocycles. The number of nitrogens with one attached hydrogen (secondary N) is 2. The Morgan fingerprint density at radius 3 is 3.00 bits per heavy atom. The lowest BCUT2D eigenvalue weighted by Crippen LogP contribution is -2.38. The second kappa shape index (κ2) is 6.80. The van der Waals surface area contributed by atoms with Crippen LogP contribution in [0.5, 0.6) is 0 Å². The molecule has 88 valence electrons. The highest BCUT2D eigenvalue weighted by Gasteiger charge is 2.16. The fraction of sp³-hybridized carbons (Fsp3) is 0.909. The van der Waals surface area contributed by atoms with Crippen molar-refractivity contribution in [2.24, 2.45) is 11.8 Å². The van der Waals surface area contributed by atoms with Gasteiger partial charge in [0.2, 0.25) is 5.91 Å². The zero-order valence-corrected chi connectivity index (χ0v) is 9.71. The Balaban J connectivity index is 2.14.